The average Bonchev–Trinajstić information content (AvgIpc) is 2.61. The predicted octanol–water partition coefficient (Wildman–Crippen LogP) is 5.23. The van der Waals surface area contributed by atoms with Gasteiger partial charge in [0.15, 0.2) is 0 Å². The molecule has 0 unspecified atom stereocenters. The maximum Gasteiger partial charge on any atom is 0.145 e. The zero-order valence-corrected chi connectivity index (χ0v) is 15.0. The van der Waals surface area contributed by atoms with Gasteiger partial charge in [0.1, 0.15) is 12.1 Å². The molecule has 0 aliphatic carbocycles. The van der Waals surface area contributed by atoms with E-state index >= 15 is 0 Å². The number of hydrogen-bond acceptors (Lipinski definition) is 3. The van der Waals surface area contributed by atoms with Crippen molar-refractivity contribution in [3.8, 4) is 0 Å². The summed E-state index contributed by atoms with van der Waals surface area (Å²) in [6, 6.07) is 15.4. The Kier molecular flexibility index (Phi) is 2.63. The van der Waals surface area contributed by atoms with E-state index in [1.54, 1.807) is 6.33 Å². The van der Waals surface area contributed by atoms with Gasteiger partial charge in [0, 0.05) is 22.6 Å². The molecule has 2 aliphatic heterocycles. The number of nitrogens with zero attached hydrogens (tertiary/aromatic N) is 3. The molecule has 124 valence electrons. The summed E-state index contributed by atoms with van der Waals surface area (Å²) < 4.78 is 0. The Morgan fingerprint density at radius 3 is 2.16 bits per heavy atom. The maximum absolute atomic E-state index is 4.70. The molecule has 0 radical (unpaired) electrons. The summed E-state index contributed by atoms with van der Waals surface area (Å²) >= 11 is 0. The Morgan fingerprint density at radius 1 is 0.760 bits per heavy atom. The first-order valence-corrected chi connectivity index (χ1v) is 8.78. The summed E-state index contributed by atoms with van der Waals surface area (Å²) in [4.78, 5) is 11.4. The first-order valence-electron chi connectivity index (χ1n) is 8.78. The van der Waals surface area contributed by atoms with Crippen LogP contribution in [0.1, 0.15) is 49.9 Å². The quantitative estimate of drug-likeness (QED) is 0.566. The zero-order chi connectivity index (χ0) is 17.4. The van der Waals surface area contributed by atoms with Gasteiger partial charge in [-0.25, -0.2) is 9.97 Å². The molecule has 0 fully saturated rings. The molecule has 2 aromatic carbocycles. The minimum Gasteiger partial charge on any atom is -0.294 e. The third kappa shape index (κ3) is 1.66. The lowest BCUT2D eigenvalue weighted by atomic mass is 9.67. The van der Waals surface area contributed by atoms with Gasteiger partial charge in [-0.05, 0) is 22.8 Å². The van der Waals surface area contributed by atoms with Crippen LogP contribution in [0, 0.1) is 0 Å². The third-order valence-electron chi connectivity index (χ3n) is 6.00. The monoisotopic (exact) mass is 327 g/mol. The van der Waals surface area contributed by atoms with Crippen LogP contribution < -0.4 is 4.90 Å². The summed E-state index contributed by atoms with van der Waals surface area (Å²) in [5.74, 6) is 1.00. The lowest BCUT2D eigenvalue weighted by Gasteiger charge is -2.48. The summed E-state index contributed by atoms with van der Waals surface area (Å²) in [6.07, 6.45) is 3.63. The van der Waals surface area contributed by atoms with Crippen molar-refractivity contribution >= 4 is 17.2 Å². The van der Waals surface area contributed by atoms with E-state index in [1.165, 1.54) is 33.6 Å². The van der Waals surface area contributed by atoms with Crippen molar-refractivity contribution in [2.45, 2.75) is 38.5 Å². The molecule has 1 aromatic heterocycles. The number of hydrogen-bond donors (Lipinski definition) is 0. The van der Waals surface area contributed by atoms with Crippen LogP contribution in [0.15, 0.2) is 55.0 Å². The van der Waals surface area contributed by atoms with Gasteiger partial charge in [-0.2, -0.15) is 0 Å². The molecular formula is C22H21N3. The molecule has 3 heterocycles. The Morgan fingerprint density at radius 2 is 1.40 bits per heavy atom. The van der Waals surface area contributed by atoms with Crippen molar-refractivity contribution in [2.75, 3.05) is 4.90 Å². The van der Waals surface area contributed by atoms with Crippen LogP contribution in [-0.4, -0.2) is 9.97 Å². The summed E-state index contributed by atoms with van der Waals surface area (Å²) in [6.45, 7) is 9.19. The molecule has 0 bridgehead atoms. The number of rotatable bonds is 0. The Balaban J connectivity index is 1.97. The number of benzene rings is 2. The van der Waals surface area contributed by atoms with Crippen molar-refractivity contribution in [1.29, 1.82) is 0 Å². The van der Waals surface area contributed by atoms with Gasteiger partial charge in [-0.1, -0.05) is 64.1 Å². The normalized spacial score (nSPS) is 18.2. The number of fused-ring (bicyclic) bond motifs is 4. The molecule has 0 saturated heterocycles. The minimum absolute atomic E-state index is 0.0426. The second-order valence-corrected chi connectivity index (χ2v) is 8.06. The van der Waals surface area contributed by atoms with Crippen molar-refractivity contribution in [3.63, 3.8) is 0 Å². The smallest absolute Gasteiger partial charge is 0.145 e. The molecule has 3 aromatic rings. The molecule has 3 heteroatoms. The van der Waals surface area contributed by atoms with Gasteiger partial charge in [0.25, 0.3) is 0 Å². The van der Waals surface area contributed by atoms with Crippen LogP contribution in [-0.2, 0) is 10.8 Å². The summed E-state index contributed by atoms with van der Waals surface area (Å²) in [5.41, 5.74) is 7.57. The average molecular weight is 327 g/mol. The fraction of sp³-hybridized carbons (Fsp3) is 0.273. The van der Waals surface area contributed by atoms with Crippen molar-refractivity contribution in [3.05, 3.63) is 77.2 Å². The van der Waals surface area contributed by atoms with E-state index in [2.05, 4.69) is 80.0 Å². The standard InChI is InChI=1S/C22H21N3/c1-21(2)14-8-5-6-11-18(14)25-19-15(21)9-7-10-16(19)22(3,4)17-12-23-13-24-20(17)25/h5-13H,1-4H3. The third-order valence-corrected chi connectivity index (χ3v) is 6.00. The van der Waals surface area contributed by atoms with Gasteiger partial charge in [-0.15, -0.1) is 0 Å². The molecule has 0 amide bonds. The van der Waals surface area contributed by atoms with Crippen LogP contribution in [0.2, 0.25) is 0 Å². The molecule has 0 saturated carbocycles. The highest BCUT2D eigenvalue weighted by atomic mass is 15.2. The Hall–Kier alpha value is -2.68. The molecule has 0 atom stereocenters. The van der Waals surface area contributed by atoms with Crippen LogP contribution in [0.4, 0.5) is 17.2 Å². The second kappa shape index (κ2) is 4.48. The van der Waals surface area contributed by atoms with Gasteiger partial charge >= 0.3 is 0 Å². The molecule has 2 aliphatic rings. The predicted molar refractivity (Wildman–Crippen MR) is 101 cm³/mol. The van der Waals surface area contributed by atoms with Gasteiger partial charge in [0.2, 0.25) is 0 Å². The van der Waals surface area contributed by atoms with E-state index in [9.17, 15) is 0 Å². The Labute approximate surface area is 148 Å². The lowest BCUT2D eigenvalue weighted by Crippen LogP contribution is -2.38. The maximum atomic E-state index is 4.70. The molecule has 5 rings (SSSR count). The van der Waals surface area contributed by atoms with E-state index in [-0.39, 0.29) is 10.8 Å². The lowest BCUT2D eigenvalue weighted by molar-refractivity contribution is 0.591. The second-order valence-electron chi connectivity index (χ2n) is 8.06. The van der Waals surface area contributed by atoms with Crippen molar-refractivity contribution < 1.29 is 0 Å². The molecule has 0 N–H and O–H groups in total. The van der Waals surface area contributed by atoms with Crippen LogP contribution in [0.25, 0.3) is 0 Å². The van der Waals surface area contributed by atoms with Crippen LogP contribution in [0.5, 0.6) is 0 Å². The van der Waals surface area contributed by atoms with Crippen molar-refractivity contribution in [2.24, 2.45) is 0 Å². The molecule has 0 spiro atoms. The highest BCUT2D eigenvalue weighted by molar-refractivity contribution is 5.90. The fourth-order valence-corrected chi connectivity index (χ4v) is 4.56. The summed E-state index contributed by atoms with van der Waals surface area (Å²) in [5, 5.41) is 0. The Bertz CT molecular complexity index is 940. The number of aromatic nitrogens is 2. The number of para-hydroxylation sites is 2. The zero-order valence-electron chi connectivity index (χ0n) is 15.0. The molecular weight excluding hydrogens is 306 g/mol. The van der Waals surface area contributed by atoms with Gasteiger partial charge in [0.05, 0.1) is 11.4 Å². The molecule has 3 nitrogen and oxygen atoms in total. The minimum atomic E-state index is -0.124. The van der Waals surface area contributed by atoms with E-state index < -0.39 is 0 Å². The highest BCUT2D eigenvalue weighted by Crippen LogP contribution is 2.58. The van der Waals surface area contributed by atoms with E-state index in [0.29, 0.717) is 0 Å². The summed E-state index contributed by atoms with van der Waals surface area (Å²) in [7, 11) is 0. The van der Waals surface area contributed by atoms with E-state index in [4.69, 9.17) is 4.98 Å². The van der Waals surface area contributed by atoms with E-state index in [0.717, 1.165) is 5.82 Å². The first-order chi connectivity index (χ1) is 11.9. The van der Waals surface area contributed by atoms with Crippen molar-refractivity contribution in [1.82, 2.24) is 9.97 Å². The largest absolute Gasteiger partial charge is 0.294 e. The van der Waals surface area contributed by atoms with Gasteiger partial charge in [-0.3, -0.25) is 4.90 Å². The van der Waals surface area contributed by atoms with Crippen LogP contribution >= 0.6 is 0 Å². The SMILES string of the molecule is CC1(C)c2ccccc2N2c3ncncc3C(C)(C)c3cccc1c32. The van der Waals surface area contributed by atoms with Crippen LogP contribution in [0.3, 0.4) is 0 Å². The highest BCUT2D eigenvalue weighted by Gasteiger charge is 2.45. The van der Waals surface area contributed by atoms with Gasteiger partial charge < -0.3 is 0 Å². The number of anilines is 3. The molecule has 25 heavy (non-hydrogen) atoms. The van der Waals surface area contributed by atoms with E-state index in [1.807, 2.05) is 6.20 Å². The first kappa shape index (κ1) is 14.6. The fourth-order valence-electron chi connectivity index (χ4n) is 4.56. The topological polar surface area (TPSA) is 29.0 Å².